The Kier molecular flexibility index (Phi) is 7.67. The minimum Gasteiger partial charge on any atom is -0.390 e. The molecule has 5 nitrogen and oxygen atoms in total. The first-order chi connectivity index (χ1) is 14.0. The fraction of sp³-hybridized carbons (Fsp3) is 0.435. The number of halogens is 1. The molecular weight excluding hydrogens is 388 g/mol. The van der Waals surface area contributed by atoms with Crippen molar-refractivity contribution < 1.29 is 15.0 Å². The minimum atomic E-state index is -1.35. The summed E-state index contributed by atoms with van der Waals surface area (Å²) in [6.45, 7) is 1.46. The molecule has 29 heavy (non-hydrogen) atoms. The van der Waals surface area contributed by atoms with Crippen LogP contribution in [0.2, 0.25) is 5.02 Å². The lowest BCUT2D eigenvalue weighted by Crippen LogP contribution is -2.62. The Bertz CT molecular complexity index is 802. The van der Waals surface area contributed by atoms with Gasteiger partial charge in [0.2, 0.25) is 5.91 Å². The molecule has 1 aliphatic heterocycles. The van der Waals surface area contributed by atoms with E-state index in [2.05, 4.69) is 5.32 Å². The van der Waals surface area contributed by atoms with Crippen LogP contribution in [-0.2, 0) is 17.6 Å². The highest BCUT2D eigenvalue weighted by molar-refractivity contribution is 6.31. The number of nitrogens with zero attached hydrogens (tertiary/aromatic N) is 1. The molecule has 1 aliphatic rings. The summed E-state index contributed by atoms with van der Waals surface area (Å²) in [5.41, 5.74) is 0.811. The predicted molar refractivity (Wildman–Crippen MR) is 115 cm³/mol. The summed E-state index contributed by atoms with van der Waals surface area (Å²) in [5.74, 6) is 0.00949. The Hall–Kier alpha value is -1.92. The number of nitrogens with one attached hydrogen (secondary N) is 1. The molecular formula is C23H29ClN2O3. The highest BCUT2D eigenvalue weighted by Gasteiger charge is 2.42. The molecule has 1 saturated heterocycles. The van der Waals surface area contributed by atoms with Crippen LogP contribution in [0.5, 0.6) is 0 Å². The summed E-state index contributed by atoms with van der Waals surface area (Å²) < 4.78 is 0. The Morgan fingerprint density at radius 2 is 1.86 bits per heavy atom. The van der Waals surface area contributed by atoms with Gasteiger partial charge in [-0.25, -0.2) is 0 Å². The highest BCUT2D eigenvalue weighted by Crippen LogP contribution is 2.22. The second-order valence-corrected chi connectivity index (χ2v) is 8.13. The van der Waals surface area contributed by atoms with Gasteiger partial charge in [-0.1, -0.05) is 60.1 Å². The minimum absolute atomic E-state index is 0.00949. The van der Waals surface area contributed by atoms with Gasteiger partial charge in [-0.15, -0.1) is 0 Å². The van der Waals surface area contributed by atoms with Gasteiger partial charge in [0.1, 0.15) is 5.60 Å². The molecule has 2 aromatic carbocycles. The molecule has 0 radical (unpaired) electrons. The number of hydrogen-bond acceptors (Lipinski definition) is 4. The number of amides is 1. The molecule has 0 unspecified atom stereocenters. The second kappa shape index (κ2) is 10.2. The standard InChI is InChI=1S/C23H29ClN2O3/c24-20-9-5-4-8-19(20)12-14-25-16-23(29)17-26(15-13-21(23)27)22(28)11-10-18-6-2-1-3-7-18/h1-9,21,25,27,29H,10-17H2/t21-,23+/m1/s1. The van der Waals surface area contributed by atoms with E-state index in [-0.39, 0.29) is 19.0 Å². The zero-order valence-corrected chi connectivity index (χ0v) is 17.3. The fourth-order valence-corrected chi connectivity index (χ4v) is 3.96. The normalized spacial score (nSPS) is 21.9. The van der Waals surface area contributed by atoms with Crippen molar-refractivity contribution in [3.63, 3.8) is 0 Å². The van der Waals surface area contributed by atoms with E-state index in [1.165, 1.54) is 0 Å². The molecule has 0 aliphatic carbocycles. The summed E-state index contributed by atoms with van der Waals surface area (Å²) >= 11 is 6.17. The summed E-state index contributed by atoms with van der Waals surface area (Å²) in [7, 11) is 0. The topological polar surface area (TPSA) is 72.8 Å². The van der Waals surface area contributed by atoms with Crippen LogP contribution in [0.15, 0.2) is 54.6 Å². The van der Waals surface area contributed by atoms with Crippen LogP contribution in [0.25, 0.3) is 0 Å². The van der Waals surface area contributed by atoms with Gasteiger partial charge < -0.3 is 20.4 Å². The largest absolute Gasteiger partial charge is 0.390 e. The van der Waals surface area contributed by atoms with E-state index in [1.807, 2.05) is 54.6 Å². The van der Waals surface area contributed by atoms with Crippen molar-refractivity contribution >= 4 is 17.5 Å². The number of β-amino-alcohol motifs (C(OH)–C–C–N with tert-alkyl or cyclic N) is 1. The number of aliphatic hydroxyl groups is 2. The van der Waals surface area contributed by atoms with Crippen molar-refractivity contribution in [2.75, 3.05) is 26.2 Å². The van der Waals surface area contributed by atoms with Crippen LogP contribution in [0.3, 0.4) is 0 Å². The number of rotatable bonds is 8. The smallest absolute Gasteiger partial charge is 0.223 e. The van der Waals surface area contributed by atoms with Gasteiger partial charge in [0.25, 0.3) is 0 Å². The van der Waals surface area contributed by atoms with E-state index in [0.29, 0.717) is 32.4 Å². The summed E-state index contributed by atoms with van der Waals surface area (Å²) in [5, 5.41) is 25.2. The number of aliphatic hydroxyl groups excluding tert-OH is 1. The van der Waals surface area contributed by atoms with Gasteiger partial charge in [0.15, 0.2) is 0 Å². The summed E-state index contributed by atoms with van der Waals surface area (Å²) in [4.78, 5) is 14.3. The molecule has 2 atom stereocenters. The van der Waals surface area contributed by atoms with Crippen molar-refractivity contribution in [2.24, 2.45) is 0 Å². The molecule has 1 amide bonds. The van der Waals surface area contributed by atoms with Gasteiger partial charge in [0.05, 0.1) is 12.6 Å². The van der Waals surface area contributed by atoms with Crippen molar-refractivity contribution in [3.05, 3.63) is 70.7 Å². The maximum atomic E-state index is 12.6. The molecule has 1 heterocycles. The Balaban J connectivity index is 1.48. The monoisotopic (exact) mass is 416 g/mol. The number of carbonyl (C=O) groups excluding carboxylic acids is 1. The van der Waals surface area contributed by atoms with Crippen LogP contribution in [-0.4, -0.2) is 58.9 Å². The van der Waals surface area contributed by atoms with E-state index >= 15 is 0 Å². The Morgan fingerprint density at radius 3 is 2.62 bits per heavy atom. The first-order valence-electron chi connectivity index (χ1n) is 10.1. The van der Waals surface area contributed by atoms with Crippen molar-refractivity contribution in [1.29, 1.82) is 0 Å². The van der Waals surface area contributed by atoms with Gasteiger partial charge in [0, 0.05) is 24.5 Å². The summed E-state index contributed by atoms with van der Waals surface area (Å²) in [6.07, 6.45) is 1.32. The zero-order valence-electron chi connectivity index (χ0n) is 16.6. The number of aryl methyl sites for hydroxylation is 1. The Labute approximate surface area is 177 Å². The van der Waals surface area contributed by atoms with Gasteiger partial charge in [-0.05, 0) is 43.0 Å². The average molecular weight is 417 g/mol. The molecule has 0 saturated carbocycles. The molecule has 0 spiro atoms. The molecule has 2 aromatic rings. The van der Waals surface area contributed by atoms with Crippen molar-refractivity contribution in [1.82, 2.24) is 10.2 Å². The van der Waals surface area contributed by atoms with E-state index in [4.69, 9.17) is 11.6 Å². The van der Waals surface area contributed by atoms with Crippen LogP contribution < -0.4 is 5.32 Å². The second-order valence-electron chi connectivity index (χ2n) is 7.73. The quantitative estimate of drug-likeness (QED) is 0.578. The van der Waals surface area contributed by atoms with E-state index in [1.54, 1.807) is 4.90 Å². The molecule has 156 valence electrons. The molecule has 0 bridgehead atoms. The lowest BCUT2D eigenvalue weighted by molar-refractivity contribution is -0.150. The average Bonchev–Trinajstić information content (AvgIpc) is 2.73. The van der Waals surface area contributed by atoms with Crippen LogP contribution in [0.1, 0.15) is 24.0 Å². The fourth-order valence-electron chi connectivity index (χ4n) is 3.73. The van der Waals surface area contributed by atoms with Crippen molar-refractivity contribution in [3.8, 4) is 0 Å². The third kappa shape index (κ3) is 6.03. The van der Waals surface area contributed by atoms with Gasteiger partial charge >= 0.3 is 0 Å². The first-order valence-corrected chi connectivity index (χ1v) is 10.5. The van der Waals surface area contributed by atoms with Gasteiger partial charge in [-0.3, -0.25) is 4.79 Å². The van der Waals surface area contributed by atoms with E-state index < -0.39 is 11.7 Å². The molecule has 3 N–H and O–H groups in total. The highest BCUT2D eigenvalue weighted by atomic mass is 35.5. The SMILES string of the molecule is O=C(CCc1ccccc1)N1CC[C@@H](O)[C@](O)(CNCCc2ccccc2Cl)C1. The predicted octanol–water partition coefficient (Wildman–Crippen LogP) is 2.43. The van der Waals surface area contributed by atoms with E-state index in [9.17, 15) is 15.0 Å². The number of hydrogen-bond donors (Lipinski definition) is 3. The van der Waals surface area contributed by atoms with Gasteiger partial charge in [-0.2, -0.15) is 0 Å². The number of carbonyl (C=O) groups is 1. The lowest BCUT2D eigenvalue weighted by Gasteiger charge is -2.43. The van der Waals surface area contributed by atoms with Crippen LogP contribution >= 0.6 is 11.6 Å². The molecule has 0 aromatic heterocycles. The van der Waals surface area contributed by atoms with Crippen molar-refractivity contribution in [2.45, 2.75) is 37.4 Å². The third-order valence-electron chi connectivity index (χ3n) is 5.54. The first kappa shape index (κ1) is 21.8. The summed E-state index contributed by atoms with van der Waals surface area (Å²) in [6, 6.07) is 17.6. The number of likely N-dealkylation sites (tertiary alicyclic amines) is 1. The molecule has 6 heteroatoms. The Morgan fingerprint density at radius 1 is 1.14 bits per heavy atom. The van der Waals surface area contributed by atoms with Crippen LogP contribution in [0, 0.1) is 0 Å². The number of benzene rings is 2. The zero-order chi connectivity index (χ0) is 20.7. The van der Waals surface area contributed by atoms with Crippen LogP contribution in [0.4, 0.5) is 0 Å². The molecule has 1 fully saturated rings. The third-order valence-corrected chi connectivity index (χ3v) is 5.91. The number of piperidine rings is 1. The maximum Gasteiger partial charge on any atom is 0.223 e. The van der Waals surface area contributed by atoms with E-state index in [0.717, 1.165) is 22.6 Å². The lowest BCUT2D eigenvalue weighted by atomic mass is 9.89. The molecule has 3 rings (SSSR count). The maximum absolute atomic E-state index is 12.6.